The monoisotopic (exact) mass is 381 g/mol. The van der Waals surface area contributed by atoms with Crippen LogP contribution < -0.4 is 10.9 Å². The maximum atomic E-state index is 12.4. The summed E-state index contributed by atoms with van der Waals surface area (Å²) in [4.78, 5) is 19.9. The molecule has 2 aromatic heterocycles. The van der Waals surface area contributed by atoms with E-state index in [4.69, 9.17) is 4.98 Å². The minimum Gasteiger partial charge on any atom is -0.365 e. The van der Waals surface area contributed by atoms with E-state index in [0.29, 0.717) is 11.9 Å². The van der Waals surface area contributed by atoms with Crippen molar-refractivity contribution in [3.05, 3.63) is 69.1 Å². The number of benzene rings is 1. The van der Waals surface area contributed by atoms with Gasteiger partial charge in [-0.15, -0.1) is 0 Å². The summed E-state index contributed by atoms with van der Waals surface area (Å²) in [5, 5.41) is 5.75. The van der Waals surface area contributed by atoms with Gasteiger partial charge in [-0.2, -0.15) is 0 Å². The molecule has 1 aliphatic rings. The van der Waals surface area contributed by atoms with Gasteiger partial charge in [0.05, 0.1) is 10.9 Å². The van der Waals surface area contributed by atoms with Crippen molar-refractivity contribution in [1.82, 2.24) is 9.97 Å². The highest BCUT2D eigenvalue weighted by molar-refractivity contribution is 9.10. The number of aromatic nitrogens is 2. The number of H-pyrrole nitrogens is 1. The second-order valence-corrected chi connectivity index (χ2v) is 6.75. The number of allylic oxidation sites excluding steroid dienone is 2. The Morgan fingerprint density at radius 1 is 1.21 bits per heavy atom. The van der Waals surface area contributed by atoms with Crippen LogP contribution in [0, 0.1) is 0 Å². The second-order valence-electron chi connectivity index (χ2n) is 5.83. The number of fused-ring (bicyclic) bond motifs is 3. The van der Waals surface area contributed by atoms with E-state index in [1.165, 1.54) is 5.57 Å². The molecule has 2 N–H and O–H groups in total. The van der Waals surface area contributed by atoms with Gasteiger partial charge in [-0.25, -0.2) is 4.98 Å². The number of pyridine rings is 2. The van der Waals surface area contributed by atoms with Crippen molar-refractivity contribution in [3.63, 3.8) is 0 Å². The Morgan fingerprint density at radius 2 is 2.12 bits per heavy atom. The third-order valence-electron chi connectivity index (χ3n) is 4.21. The van der Waals surface area contributed by atoms with Crippen LogP contribution in [0.3, 0.4) is 0 Å². The number of hydrogen-bond acceptors (Lipinski definition) is 3. The lowest BCUT2D eigenvalue weighted by Gasteiger charge is -2.13. The fraction of sp³-hybridized carbons (Fsp3) is 0.158. The van der Waals surface area contributed by atoms with Gasteiger partial charge in [0.2, 0.25) is 0 Å². The Kier molecular flexibility index (Phi) is 3.94. The molecule has 1 aromatic carbocycles. The number of halogens is 1. The summed E-state index contributed by atoms with van der Waals surface area (Å²) in [6.07, 6.45) is 10.4. The van der Waals surface area contributed by atoms with Crippen LogP contribution in [0.25, 0.3) is 21.7 Å². The Balaban J connectivity index is 1.86. The molecule has 3 aromatic rings. The summed E-state index contributed by atoms with van der Waals surface area (Å²) in [5.41, 5.74) is 1.95. The quantitative estimate of drug-likeness (QED) is 0.655. The zero-order chi connectivity index (χ0) is 16.5. The largest absolute Gasteiger partial charge is 0.365 e. The molecule has 0 unspecified atom stereocenters. The van der Waals surface area contributed by atoms with Gasteiger partial charge in [0.15, 0.2) is 0 Å². The van der Waals surface area contributed by atoms with E-state index in [1.807, 2.05) is 24.3 Å². The van der Waals surface area contributed by atoms with E-state index in [2.05, 4.69) is 44.5 Å². The summed E-state index contributed by atoms with van der Waals surface area (Å²) in [6, 6.07) is 7.71. The van der Waals surface area contributed by atoms with E-state index in [0.717, 1.165) is 39.4 Å². The zero-order valence-corrected chi connectivity index (χ0v) is 14.6. The summed E-state index contributed by atoms with van der Waals surface area (Å²) in [6.45, 7) is 0.702. The molecule has 0 bridgehead atoms. The van der Waals surface area contributed by atoms with Crippen LogP contribution in [0.1, 0.15) is 12.8 Å². The number of hydrogen-bond donors (Lipinski definition) is 2. The van der Waals surface area contributed by atoms with Crippen LogP contribution in [0.5, 0.6) is 0 Å². The molecule has 0 atom stereocenters. The molecule has 0 fully saturated rings. The van der Waals surface area contributed by atoms with Crippen molar-refractivity contribution in [1.29, 1.82) is 0 Å². The molecule has 0 spiro atoms. The SMILES string of the molecule is O=c1[nH]ccc2c(NCC3=CCCC=C3)nc3ccc(Br)cc3c12. The van der Waals surface area contributed by atoms with E-state index in [9.17, 15) is 4.79 Å². The lowest BCUT2D eigenvalue weighted by atomic mass is 10.1. The molecule has 4 nitrogen and oxygen atoms in total. The van der Waals surface area contributed by atoms with Crippen molar-refractivity contribution in [2.45, 2.75) is 12.8 Å². The maximum Gasteiger partial charge on any atom is 0.256 e. The molecule has 5 heteroatoms. The summed E-state index contributed by atoms with van der Waals surface area (Å²) < 4.78 is 0.930. The molecular formula is C19H16BrN3O. The second kappa shape index (κ2) is 6.24. The highest BCUT2D eigenvalue weighted by atomic mass is 79.9. The van der Waals surface area contributed by atoms with Gasteiger partial charge in [0.25, 0.3) is 5.56 Å². The number of rotatable bonds is 3. The highest BCUT2D eigenvalue weighted by Crippen LogP contribution is 2.29. The molecule has 2 heterocycles. The molecule has 0 saturated carbocycles. The van der Waals surface area contributed by atoms with Gasteiger partial charge in [-0.1, -0.05) is 34.2 Å². The molecule has 0 saturated heterocycles. The van der Waals surface area contributed by atoms with Crippen LogP contribution in [-0.4, -0.2) is 16.5 Å². The predicted octanol–water partition coefficient (Wildman–Crippen LogP) is 4.53. The predicted molar refractivity (Wildman–Crippen MR) is 103 cm³/mol. The Bertz CT molecular complexity index is 1050. The van der Waals surface area contributed by atoms with Crippen molar-refractivity contribution in [3.8, 4) is 0 Å². The van der Waals surface area contributed by atoms with Gasteiger partial charge in [0.1, 0.15) is 5.82 Å². The molecule has 4 rings (SSSR count). The Morgan fingerprint density at radius 3 is 2.96 bits per heavy atom. The minimum absolute atomic E-state index is 0.0992. The van der Waals surface area contributed by atoms with E-state index < -0.39 is 0 Å². The molecule has 0 radical (unpaired) electrons. The van der Waals surface area contributed by atoms with E-state index in [-0.39, 0.29) is 5.56 Å². The number of aromatic amines is 1. The third-order valence-corrected chi connectivity index (χ3v) is 4.70. The van der Waals surface area contributed by atoms with Gasteiger partial charge >= 0.3 is 0 Å². The lowest BCUT2D eigenvalue weighted by molar-refractivity contribution is 1.00. The third kappa shape index (κ3) is 2.76. The van der Waals surface area contributed by atoms with E-state index >= 15 is 0 Å². The zero-order valence-electron chi connectivity index (χ0n) is 13.0. The molecule has 0 amide bonds. The summed E-state index contributed by atoms with van der Waals surface area (Å²) >= 11 is 3.47. The molecule has 24 heavy (non-hydrogen) atoms. The first-order chi connectivity index (χ1) is 11.7. The molecule has 120 valence electrons. The van der Waals surface area contributed by atoms with Crippen LogP contribution in [0.15, 0.2) is 63.5 Å². The topological polar surface area (TPSA) is 57.8 Å². The summed E-state index contributed by atoms with van der Waals surface area (Å²) in [7, 11) is 0. The van der Waals surface area contributed by atoms with Crippen LogP contribution >= 0.6 is 15.9 Å². The first-order valence-corrected chi connectivity index (χ1v) is 8.72. The van der Waals surface area contributed by atoms with E-state index in [1.54, 1.807) is 6.20 Å². The normalized spacial score (nSPS) is 14.1. The first kappa shape index (κ1) is 15.1. The van der Waals surface area contributed by atoms with Gasteiger partial charge in [-0.3, -0.25) is 4.79 Å². The number of nitrogens with zero attached hydrogens (tertiary/aromatic N) is 1. The van der Waals surface area contributed by atoms with Crippen LogP contribution in [0.2, 0.25) is 0 Å². The van der Waals surface area contributed by atoms with Crippen LogP contribution in [-0.2, 0) is 0 Å². The minimum atomic E-state index is -0.0992. The number of anilines is 1. The Labute approximate surface area is 147 Å². The van der Waals surface area contributed by atoms with Crippen molar-refractivity contribution >= 4 is 43.4 Å². The van der Waals surface area contributed by atoms with Crippen LogP contribution in [0.4, 0.5) is 5.82 Å². The Hall–Kier alpha value is -2.40. The molecule has 1 aliphatic carbocycles. The molecule has 0 aliphatic heterocycles. The average Bonchev–Trinajstić information content (AvgIpc) is 2.61. The fourth-order valence-electron chi connectivity index (χ4n) is 3.05. The average molecular weight is 382 g/mol. The van der Waals surface area contributed by atoms with Crippen molar-refractivity contribution in [2.24, 2.45) is 0 Å². The molecular weight excluding hydrogens is 366 g/mol. The maximum absolute atomic E-state index is 12.4. The fourth-order valence-corrected chi connectivity index (χ4v) is 3.41. The smallest absolute Gasteiger partial charge is 0.256 e. The van der Waals surface area contributed by atoms with Gasteiger partial charge in [0, 0.05) is 28.0 Å². The lowest BCUT2D eigenvalue weighted by Crippen LogP contribution is -2.11. The van der Waals surface area contributed by atoms with Crippen molar-refractivity contribution < 1.29 is 0 Å². The first-order valence-electron chi connectivity index (χ1n) is 7.92. The van der Waals surface area contributed by atoms with Crippen molar-refractivity contribution in [2.75, 3.05) is 11.9 Å². The van der Waals surface area contributed by atoms with Gasteiger partial charge in [-0.05, 0) is 42.7 Å². The van der Waals surface area contributed by atoms with Gasteiger partial charge < -0.3 is 10.3 Å². The number of nitrogens with one attached hydrogen (secondary N) is 2. The highest BCUT2D eigenvalue weighted by Gasteiger charge is 2.11. The standard InChI is InChI=1S/C19H16BrN3O/c20-13-6-7-16-15(10-13)17-14(8-9-21-19(17)24)18(23-16)22-11-12-4-2-1-3-5-12/h2,4-10H,1,3,11H2,(H,21,24)(H,22,23). The summed E-state index contributed by atoms with van der Waals surface area (Å²) in [5.74, 6) is 0.741.